The Kier molecular flexibility index (Phi) is 3.06. The van der Waals surface area contributed by atoms with Gasteiger partial charge in [0.05, 0.1) is 6.67 Å². The van der Waals surface area contributed by atoms with Crippen molar-refractivity contribution >= 4 is 5.71 Å². The molecule has 0 aliphatic carbocycles. The summed E-state index contributed by atoms with van der Waals surface area (Å²) in [5, 5.41) is 3.31. The van der Waals surface area contributed by atoms with Gasteiger partial charge in [-0.1, -0.05) is 20.3 Å². The van der Waals surface area contributed by atoms with E-state index in [2.05, 4.69) is 31.1 Å². The van der Waals surface area contributed by atoms with Crippen LogP contribution in [0.4, 0.5) is 0 Å². The molecule has 1 N–H and O–H groups in total. The Morgan fingerprint density at radius 2 is 2.45 bits per heavy atom. The maximum Gasteiger partial charge on any atom is 0.0889 e. The van der Waals surface area contributed by atoms with Crippen LogP contribution in [0.5, 0.6) is 0 Å². The molecule has 1 aliphatic heterocycles. The third-order valence-corrected chi connectivity index (χ3v) is 2.33. The fourth-order valence-electron chi connectivity index (χ4n) is 1.68. The van der Waals surface area contributed by atoms with Crippen molar-refractivity contribution in [1.29, 1.82) is 0 Å². The molecule has 64 valence electrons. The van der Waals surface area contributed by atoms with Crippen LogP contribution in [0.1, 0.15) is 33.6 Å². The maximum atomic E-state index is 4.44. The van der Waals surface area contributed by atoms with Crippen LogP contribution in [0.15, 0.2) is 4.99 Å². The second kappa shape index (κ2) is 3.86. The lowest BCUT2D eigenvalue weighted by molar-refractivity contribution is 0.638. The molecule has 0 spiro atoms. The van der Waals surface area contributed by atoms with Crippen molar-refractivity contribution in [2.45, 2.75) is 39.7 Å². The largest absolute Gasteiger partial charge is 0.290 e. The molecule has 0 bridgehead atoms. The molecule has 0 aromatic carbocycles. The van der Waals surface area contributed by atoms with Crippen LogP contribution in [0.25, 0.3) is 0 Å². The summed E-state index contributed by atoms with van der Waals surface area (Å²) in [4.78, 5) is 4.44. The Hall–Kier alpha value is -0.370. The Morgan fingerprint density at radius 3 is 2.91 bits per heavy atom. The molecular formula is C9H18N2. The van der Waals surface area contributed by atoms with E-state index in [1.54, 1.807) is 0 Å². The van der Waals surface area contributed by atoms with Crippen LogP contribution in [0.2, 0.25) is 0 Å². The minimum Gasteiger partial charge on any atom is -0.290 e. The lowest BCUT2D eigenvalue weighted by atomic mass is 9.96. The predicted octanol–water partition coefficient (Wildman–Crippen LogP) is 1.81. The minimum absolute atomic E-state index is 0.511. The van der Waals surface area contributed by atoms with Crippen LogP contribution >= 0.6 is 0 Å². The van der Waals surface area contributed by atoms with Gasteiger partial charge < -0.3 is 0 Å². The first kappa shape index (κ1) is 8.72. The molecule has 1 rings (SSSR count). The van der Waals surface area contributed by atoms with E-state index in [0.29, 0.717) is 12.0 Å². The van der Waals surface area contributed by atoms with E-state index in [1.165, 1.54) is 18.6 Å². The highest BCUT2D eigenvalue weighted by molar-refractivity contribution is 5.92. The van der Waals surface area contributed by atoms with Crippen LogP contribution < -0.4 is 5.32 Å². The van der Waals surface area contributed by atoms with Crippen LogP contribution in [0, 0.1) is 5.92 Å². The fourth-order valence-corrected chi connectivity index (χ4v) is 1.68. The Labute approximate surface area is 69.1 Å². The van der Waals surface area contributed by atoms with Gasteiger partial charge in [-0.3, -0.25) is 10.3 Å². The Bertz CT molecular complexity index is 152. The molecule has 0 fully saturated rings. The summed E-state index contributed by atoms with van der Waals surface area (Å²) in [5.74, 6) is 0.671. The zero-order valence-corrected chi connectivity index (χ0v) is 7.72. The summed E-state index contributed by atoms with van der Waals surface area (Å²) in [6.45, 7) is 7.51. The summed E-state index contributed by atoms with van der Waals surface area (Å²) < 4.78 is 0. The summed E-state index contributed by atoms with van der Waals surface area (Å²) in [7, 11) is 0. The standard InChI is InChI=1S/C9H18N2/c1-4-5-7(2)9-8(3)10-6-11-9/h7-8,10H,4-6H2,1-3H3. The van der Waals surface area contributed by atoms with E-state index in [4.69, 9.17) is 0 Å². The quantitative estimate of drug-likeness (QED) is 0.658. The van der Waals surface area contributed by atoms with Gasteiger partial charge in [-0.25, -0.2) is 0 Å². The average molecular weight is 154 g/mol. The molecule has 0 saturated carbocycles. The van der Waals surface area contributed by atoms with Gasteiger partial charge in [0.15, 0.2) is 0 Å². The fraction of sp³-hybridized carbons (Fsp3) is 0.889. The molecule has 2 atom stereocenters. The van der Waals surface area contributed by atoms with Gasteiger partial charge in [0.1, 0.15) is 0 Å². The lowest BCUT2D eigenvalue weighted by Gasteiger charge is -2.14. The number of aliphatic imine (C=N–C) groups is 1. The molecule has 1 aliphatic rings. The van der Waals surface area contributed by atoms with Gasteiger partial charge in [0, 0.05) is 11.8 Å². The van der Waals surface area contributed by atoms with Crippen molar-refractivity contribution in [3.63, 3.8) is 0 Å². The van der Waals surface area contributed by atoms with E-state index in [-0.39, 0.29) is 0 Å². The van der Waals surface area contributed by atoms with Crippen LogP contribution in [-0.4, -0.2) is 18.4 Å². The topological polar surface area (TPSA) is 24.4 Å². The van der Waals surface area contributed by atoms with Gasteiger partial charge in [-0.05, 0) is 19.3 Å². The number of hydrogen-bond donors (Lipinski definition) is 1. The first-order valence-corrected chi connectivity index (χ1v) is 4.53. The van der Waals surface area contributed by atoms with E-state index < -0.39 is 0 Å². The lowest BCUT2D eigenvalue weighted by Crippen LogP contribution is -2.30. The summed E-state index contributed by atoms with van der Waals surface area (Å²) >= 11 is 0. The van der Waals surface area contributed by atoms with Crippen molar-refractivity contribution < 1.29 is 0 Å². The third kappa shape index (κ3) is 2.03. The molecule has 0 amide bonds. The second-order valence-electron chi connectivity index (χ2n) is 3.36. The van der Waals surface area contributed by atoms with Crippen LogP contribution in [0.3, 0.4) is 0 Å². The highest BCUT2D eigenvalue weighted by Gasteiger charge is 2.19. The van der Waals surface area contributed by atoms with Gasteiger partial charge in [-0.15, -0.1) is 0 Å². The average Bonchev–Trinajstić information content (AvgIpc) is 2.36. The molecule has 0 saturated heterocycles. The second-order valence-corrected chi connectivity index (χ2v) is 3.36. The molecule has 2 nitrogen and oxygen atoms in total. The zero-order chi connectivity index (χ0) is 8.27. The molecule has 0 radical (unpaired) electrons. The van der Waals surface area contributed by atoms with Gasteiger partial charge in [0.2, 0.25) is 0 Å². The maximum absolute atomic E-state index is 4.44. The first-order valence-electron chi connectivity index (χ1n) is 4.53. The first-order chi connectivity index (χ1) is 5.25. The highest BCUT2D eigenvalue weighted by Crippen LogP contribution is 2.13. The van der Waals surface area contributed by atoms with E-state index in [0.717, 1.165) is 6.67 Å². The molecule has 0 aromatic rings. The van der Waals surface area contributed by atoms with Crippen molar-refractivity contribution in [3.05, 3.63) is 0 Å². The smallest absolute Gasteiger partial charge is 0.0889 e. The normalized spacial score (nSPS) is 26.8. The van der Waals surface area contributed by atoms with Crippen molar-refractivity contribution in [1.82, 2.24) is 5.32 Å². The number of rotatable bonds is 3. The summed E-state index contributed by atoms with van der Waals surface area (Å²) in [5.41, 5.74) is 1.37. The van der Waals surface area contributed by atoms with E-state index in [9.17, 15) is 0 Å². The summed E-state index contributed by atoms with van der Waals surface area (Å²) in [6.07, 6.45) is 2.53. The molecule has 2 heteroatoms. The predicted molar refractivity (Wildman–Crippen MR) is 49.0 cm³/mol. The SMILES string of the molecule is CCCC(C)C1=NCNC1C. The van der Waals surface area contributed by atoms with Gasteiger partial charge >= 0.3 is 0 Å². The highest BCUT2D eigenvalue weighted by atomic mass is 15.1. The van der Waals surface area contributed by atoms with E-state index >= 15 is 0 Å². The summed E-state index contributed by atoms with van der Waals surface area (Å²) in [6, 6.07) is 0.511. The minimum atomic E-state index is 0.511. The Balaban J connectivity index is 2.45. The molecular weight excluding hydrogens is 136 g/mol. The zero-order valence-electron chi connectivity index (χ0n) is 7.72. The number of nitrogens with zero attached hydrogens (tertiary/aromatic N) is 1. The van der Waals surface area contributed by atoms with Gasteiger partial charge in [0.25, 0.3) is 0 Å². The molecule has 11 heavy (non-hydrogen) atoms. The van der Waals surface area contributed by atoms with Crippen molar-refractivity contribution in [3.8, 4) is 0 Å². The Morgan fingerprint density at radius 1 is 1.73 bits per heavy atom. The van der Waals surface area contributed by atoms with Crippen LogP contribution in [-0.2, 0) is 0 Å². The molecule has 0 aromatic heterocycles. The van der Waals surface area contributed by atoms with Crippen molar-refractivity contribution in [2.75, 3.05) is 6.67 Å². The number of nitrogens with one attached hydrogen (secondary N) is 1. The molecule has 1 heterocycles. The molecule has 2 unspecified atom stereocenters. The third-order valence-electron chi connectivity index (χ3n) is 2.33. The van der Waals surface area contributed by atoms with Crippen molar-refractivity contribution in [2.24, 2.45) is 10.9 Å². The number of hydrogen-bond acceptors (Lipinski definition) is 2. The monoisotopic (exact) mass is 154 g/mol. The van der Waals surface area contributed by atoms with Gasteiger partial charge in [-0.2, -0.15) is 0 Å². The van der Waals surface area contributed by atoms with E-state index in [1.807, 2.05) is 0 Å².